The molecule has 6 atom stereocenters. The van der Waals surface area contributed by atoms with Crippen molar-refractivity contribution < 1.29 is 19.7 Å². The largest absolute Gasteiger partial charge is 0.498 e. The number of aliphatic hydroxyl groups excluding tert-OH is 1. The van der Waals surface area contributed by atoms with Crippen LogP contribution in [-0.2, 0) is 9.47 Å². The Morgan fingerprint density at radius 1 is 1.43 bits per heavy atom. The van der Waals surface area contributed by atoms with E-state index >= 15 is 0 Å². The predicted octanol–water partition coefficient (Wildman–Crippen LogP) is -0.202. The first kappa shape index (κ1) is 8.71. The average Bonchev–Trinajstić information content (AvgIpc) is 2.72. The number of ether oxygens (including phenoxy) is 2. The van der Waals surface area contributed by atoms with Crippen LogP contribution >= 0.6 is 0 Å². The Labute approximate surface area is 82.1 Å². The lowest BCUT2D eigenvalue weighted by molar-refractivity contribution is -0.137. The Bertz CT molecular complexity index is 315. The van der Waals surface area contributed by atoms with E-state index in [0.717, 1.165) is 0 Å². The van der Waals surface area contributed by atoms with Crippen LogP contribution in [0.2, 0.25) is 0 Å². The third-order valence-electron chi connectivity index (χ3n) is 3.86. The Morgan fingerprint density at radius 2 is 2.14 bits per heavy atom. The molecule has 1 aliphatic carbocycles. The molecule has 3 rings (SSSR count). The van der Waals surface area contributed by atoms with Gasteiger partial charge in [0.1, 0.15) is 29.5 Å². The van der Waals surface area contributed by atoms with Crippen molar-refractivity contribution in [3.05, 3.63) is 12.3 Å². The summed E-state index contributed by atoms with van der Waals surface area (Å²) in [5.74, 6) is -0.181. The molecule has 14 heavy (non-hydrogen) atoms. The Morgan fingerprint density at radius 3 is 2.79 bits per heavy atom. The molecule has 2 heterocycles. The van der Waals surface area contributed by atoms with Gasteiger partial charge in [-0.3, -0.25) is 0 Å². The molecule has 6 unspecified atom stereocenters. The van der Waals surface area contributed by atoms with E-state index in [0.29, 0.717) is 0 Å². The molecule has 0 radical (unpaired) electrons. The number of hydrogen-bond acceptors (Lipinski definition) is 4. The minimum absolute atomic E-state index is 0.128. The van der Waals surface area contributed by atoms with Crippen LogP contribution in [0.3, 0.4) is 0 Å². The second kappa shape index (κ2) is 2.15. The summed E-state index contributed by atoms with van der Waals surface area (Å²) in [6, 6.07) is 0. The normalized spacial score (nSPS) is 64.3. The fourth-order valence-corrected chi connectivity index (χ4v) is 3.15. The Balaban J connectivity index is 2.08. The van der Waals surface area contributed by atoms with Gasteiger partial charge in [-0.15, -0.1) is 0 Å². The highest BCUT2D eigenvalue weighted by Crippen LogP contribution is 2.60. The van der Waals surface area contributed by atoms with Crippen molar-refractivity contribution in [2.75, 3.05) is 0 Å². The molecule has 2 fully saturated rings. The van der Waals surface area contributed by atoms with Gasteiger partial charge < -0.3 is 19.7 Å². The third-order valence-corrected chi connectivity index (χ3v) is 3.86. The summed E-state index contributed by atoms with van der Waals surface area (Å²) >= 11 is 0. The van der Waals surface area contributed by atoms with E-state index in [1.807, 2.05) is 13.8 Å². The second-order valence-electron chi connectivity index (χ2n) is 4.68. The first-order chi connectivity index (χ1) is 6.50. The van der Waals surface area contributed by atoms with Crippen LogP contribution in [0.5, 0.6) is 0 Å². The van der Waals surface area contributed by atoms with Crippen molar-refractivity contribution >= 4 is 0 Å². The average molecular weight is 198 g/mol. The van der Waals surface area contributed by atoms with Gasteiger partial charge in [0.2, 0.25) is 0 Å². The van der Waals surface area contributed by atoms with Crippen molar-refractivity contribution in [2.45, 2.75) is 43.4 Å². The summed E-state index contributed by atoms with van der Waals surface area (Å²) in [5.41, 5.74) is -1.59. The number of fused-ring (bicyclic) bond motifs is 3. The van der Waals surface area contributed by atoms with E-state index in [-0.39, 0.29) is 18.1 Å². The van der Waals surface area contributed by atoms with Gasteiger partial charge in [0.15, 0.2) is 0 Å². The van der Waals surface area contributed by atoms with Gasteiger partial charge in [-0.05, 0) is 19.9 Å². The molecule has 4 nitrogen and oxygen atoms in total. The first-order valence-electron chi connectivity index (χ1n) is 4.91. The molecule has 78 valence electrons. The quantitative estimate of drug-likeness (QED) is 0.529. The van der Waals surface area contributed by atoms with Crippen LogP contribution in [0.4, 0.5) is 0 Å². The zero-order chi connectivity index (χ0) is 10.1. The molecule has 3 aliphatic rings. The molecular formula is C10H14O4. The maximum Gasteiger partial charge on any atom is 0.124 e. The van der Waals surface area contributed by atoms with E-state index in [9.17, 15) is 10.2 Å². The second-order valence-corrected chi connectivity index (χ2v) is 4.68. The van der Waals surface area contributed by atoms with Gasteiger partial charge >= 0.3 is 0 Å². The first-order valence-corrected chi connectivity index (χ1v) is 4.91. The standard InChI is InChI=1S/C10H14O4/c1-5-6-9(2)8(14-9)7(11)10(6,12)3-4-13-5/h3-8,11-12H,1-2H3. The van der Waals surface area contributed by atoms with Crippen LogP contribution in [0, 0.1) is 5.92 Å². The van der Waals surface area contributed by atoms with E-state index in [1.165, 1.54) is 6.26 Å². The molecule has 2 aliphatic heterocycles. The lowest BCUT2D eigenvalue weighted by Crippen LogP contribution is -2.53. The van der Waals surface area contributed by atoms with Crippen LogP contribution < -0.4 is 0 Å². The Hall–Kier alpha value is -0.580. The van der Waals surface area contributed by atoms with E-state index in [4.69, 9.17) is 9.47 Å². The van der Waals surface area contributed by atoms with E-state index in [2.05, 4.69) is 0 Å². The summed E-state index contributed by atoms with van der Waals surface area (Å²) in [4.78, 5) is 0. The smallest absolute Gasteiger partial charge is 0.124 e. The summed E-state index contributed by atoms with van der Waals surface area (Å²) in [7, 11) is 0. The van der Waals surface area contributed by atoms with Gasteiger partial charge in [-0.2, -0.15) is 0 Å². The summed E-state index contributed by atoms with van der Waals surface area (Å²) in [5, 5.41) is 20.2. The lowest BCUT2D eigenvalue weighted by atomic mass is 9.79. The summed E-state index contributed by atoms with van der Waals surface area (Å²) in [6.45, 7) is 3.81. The van der Waals surface area contributed by atoms with Gasteiger partial charge in [-0.25, -0.2) is 0 Å². The number of aliphatic hydroxyl groups is 2. The molecule has 0 spiro atoms. The number of rotatable bonds is 0. The number of hydrogen-bond donors (Lipinski definition) is 2. The van der Waals surface area contributed by atoms with Crippen LogP contribution in [-0.4, -0.2) is 39.7 Å². The van der Waals surface area contributed by atoms with Crippen LogP contribution in [0.15, 0.2) is 12.3 Å². The van der Waals surface area contributed by atoms with Crippen molar-refractivity contribution in [3.8, 4) is 0 Å². The molecular weight excluding hydrogens is 184 g/mol. The molecule has 0 aromatic heterocycles. The topological polar surface area (TPSA) is 62.2 Å². The SMILES string of the molecule is CC1OC=CC2(O)C(O)C3OC3(C)C12. The van der Waals surface area contributed by atoms with E-state index < -0.39 is 17.3 Å². The molecule has 0 bridgehead atoms. The minimum atomic E-state index is -1.17. The van der Waals surface area contributed by atoms with E-state index in [1.54, 1.807) is 6.08 Å². The van der Waals surface area contributed by atoms with Gasteiger partial charge in [0.05, 0.1) is 12.2 Å². The third kappa shape index (κ3) is 0.723. The van der Waals surface area contributed by atoms with Gasteiger partial charge in [0.25, 0.3) is 0 Å². The molecule has 1 saturated carbocycles. The molecule has 1 saturated heterocycles. The molecule has 0 aromatic rings. The zero-order valence-corrected chi connectivity index (χ0v) is 8.18. The fraction of sp³-hybridized carbons (Fsp3) is 0.800. The monoisotopic (exact) mass is 198 g/mol. The van der Waals surface area contributed by atoms with Gasteiger partial charge in [0, 0.05) is 0 Å². The molecule has 4 heteroatoms. The minimum Gasteiger partial charge on any atom is -0.498 e. The van der Waals surface area contributed by atoms with Crippen LogP contribution in [0.25, 0.3) is 0 Å². The molecule has 0 aromatic carbocycles. The highest BCUT2D eigenvalue weighted by molar-refractivity contribution is 5.31. The van der Waals surface area contributed by atoms with Crippen molar-refractivity contribution in [1.29, 1.82) is 0 Å². The number of epoxide rings is 1. The predicted molar refractivity (Wildman–Crippen MR) is 47.4 cm³/mol. The molecule has 0 amide bonds. The van der Waals surface area contributed by atoms with Crippen LogP contribution in [0.1, 0.15) is 13.8 Å². The highest BCUT2D eigenvalue weighted by atomic mass is 16.6. The summed E-state index contributed by atoms with van der Waals surface area (Å²) in [6.07, 6.45) is 1.81. The van der Waals surface area contributed by atoms with Crippen molar-refractivity contribution in [1.82, 2.24) is 0 Å². The summed E-state index contributed by atoms with van der Waals surface area (Å²) < 4.78 is 10.8. The van der Waals surface area contributed by atoms with Crippen molar-refractivity contribution in [2.24, 2.45) is 5.92 Å². The Kier molecular flexibility index (Phi) is 1.34. The molecule has 2 N–H and O–H groups in total. The van der Waals surface area contributed by atoms with Crippen molar-refractivity contribution in [3.63, 3.8) is 0 Å². The lowest BCUT2D eigenvalue weighted by Gasteiger charge is -2.39. The maximum atomic E-state index is 10.3. The van der Waals surface area contributed by atoms with Gasteiger partial charge in [-0.1, -0.05) is 0 Å². The maximum absolute atomic E-state index is 10.3. The zero-order valence-electron chi connectivity index (χ0n) is 8.18. The fourth-order valence-electron chi connectivity index (χ4n) is 3.15. The highest BCUT2D eigenvalue weighted by Gasteiger charge is 2.77.